The number of aryl methyl sites for hydroxylation is 1. The van der Waals surface area contributed by atoms with Crippen molar-refractivity contribution in [1.82, 2.24) is 4.98 Å². The van der Waals surface area contributed by atoms with E-state index >= 15 is 0 Å². The van der Waals surface area contributed by atoms with Crippen molar-refractivity contribution in [2.45, 2.75) is 39.3 Å². The maximum atomic E-state index is 13.1. The fourth-order valence-corrected chi connectivity index (χ4v) is 3.29. The molecule has 1 aromatic carbocycles. The predicted octanol–water partition coefficient (Wildman–Crippen LogP) is 6.54. The van der Waals surface area contributed by atoms with Crippen molar-refractivity contribution < 1.29 is 13.2 Å². The maximum absolute atomic E-state index is 13.1. The first kappa shape index (κ1) is 17.5. The Morgan fingerprint density at radius 3 is 2.48 bits per heavy atom. The molecule has 0 amide bonds. The quantitative estimate of drug-likeness (QED) is 0.617. The van der Waals surface area contributed by atoms with E-state index in [0.717, 1.165) is 59.0 Å². The smallest absolute Gasteiger partial charge is 0.249 e. The zero-order valence-corrected chi connectivity index (χ0v) is 14.4. The van der Waals surface area contributed by atoms with Gasteiger partial charge in [-0.05, 0) is 85.2 Å². The minimum atomic E-state index is -4.33. The standard InChI is InChI=1S/C21H20F3N/c1-13(2)19-8-5-9-20(25-19)17-7-4-6-16(17)18-12-15(21(22,23)24)11-10-14(18)3/h5,8-12H,1,4,6-7H2,2-3H3. The Bertz CT molecular complexity index is 860. The highest BCUT2D eigenvalue weighted by atomic mass is 19.4. The highest BCUT2D eigenvalue weighted by molar-refractivity contribution is 5.93. The molecule has 0 spiro atoms. The van der Waals surface area contributed by atoms with Crippen LogP contribution in [0.5, 0.6) is 0 Å². The summed E-state index contributed by atoms with van der Waals surface area (Å²) in [7, 11) is 0. The molecule has 130 valence electrons. The predicted molar refractivity (Wildman–Crippen MR) is 95.8 cm³/mol. The molecule has 0 N–H and O–H groups in total. The van der Waals surface area contributed by atoms with Crippen LogP contribution in [0, 0.1) is 6.92 Å². The molecule has 0 aliphatic heterocycles. The molecule has 3 rings (SSSR count). The fraction of sp³-hybridized carbons (Fsp3) is 0.286. The van der Waals surface area contributed by atoms with E-state index in [1.54, 1.807) is 6.07 Å². The van der Waals surface area contributed by atoms with E-state index < -0.39 is 11.7 Å². The van der Waals surface area contributed by atoms with Gasteiger partial charge in [0.1, 0.15) is 0 Å². The van der Waals surface area contributed by atoms with Gasteiger partial charge in [-0.25, -0.2) is 4.98 Å². The highest BCUT2D eigenvalue weighted by Crippen LogP contribution is 2.42. The summed E-state index contributed by atoms with van der Waals surface area (Å²) < 4.78 is 39.3. The van der Waals surface area contributed by atoms with Crippen LogP contribution in [0.15, 0.2) is 43.0 Å². The number of alkyl halides is 3. The number of benzene rings is 1. The van der Waals surface area contributed by atoms with E-state index in [2.05, 4.69) is 11.6 Å². The molecule has 0 fully saturated rings. The fourth-order valence-electron chi connectivity index (χ4n) is 3.29. The van der Waals surface area contributed by atoms with Crippen molar-refractivity contribution in [1.29, 1.82) is 0 Å². The van der Waals surface area contributed by atoms with Gasteiger partial charge in [0.05, 0.1) is 17.0 Å². The lowest BCUT2D eigenvalue weighted by Gasteiger charge is -2.14. The minimum absolute atomic E-state index is 0.601. The average molecular weight is 343 g/mol. The van der Waals surface area contributed by atoms with Gasteiger partial charge in [0.2, 0.25) is 0 Å². The zero-order chi connectivity index (χ0) is 18.2. The van der Waals surface area contributed by atoms with E-state index in [-0.39, 0.29) is 0 Å². The molecule has 1 nitrogen and oxygen atoms in total. The summed E-state index contributed by atoms with van der Waals surface area (Å²) in [6, 6.07) is 9.73. The van der Waals surface area contributed by atoms with E-state index in [0.29, 0.717) is 5.56 Å². The third kappa shape index (κ3) is 3.53. The molecule has 0 saturated carbocycles. The summed E-state index contributed by atoms with van der Waals surface area (Å²) in [5, 5.41) is 0. The largest absolute Gasteiger partial charge is 0.416 e. The summed E-state index contributed by atoms with van der Waals surface area (Å²) in [6.45, 7) is 7.67. The van der Waals surface area contributed by atoms with Crippen LogP contribution in [0.4, 0.5) is 13.2 Å². The van der Waals surface area contributed by atoms with Crippen LogP contribution >= 0.6 is 0 Å². The summed E-state index contributed by atoms with van der Waals surface area (Å²) in [6.07, 6.45) is -1.80. The van der Waals surface area contributed by atoms with Crippen LogP contribution < -0.4 is 0 Å². The zero-order valence-electron chi connectivity index (χ0n) is 14.4. The Morgan fingerprint density at radius 2 is 1.80 bits per heavy atom. The summed E-state index contributed by atoms with van der Waals surface area (Å²) in [4.78, 5) is 4.65. The van der Waals surface area contributed by atoms with Gasteiger partial charge in [0.15, 0.2) is 0 Å². The molecule has 25 heavy (non-hydrogen) atoms. The number of halogens is 3. The third-order valence-corrected chi connectivity index (χ3v) is 4.60. The number of allylic oxidation sites excluding steroid dienone is 3. The molecule has 0 saturated heterocycles. The van der Waals surface area contributed by atoms with Crippen molar-refractivity contribution in [2.75, 3.05) is 0 Å². The van der Waals surface area contributed by atoms with Gasteiger partial charge in [-0.1, -0.05) is 18.7 Å². The number of hydrogen-bond donors (Lipinski definition) is 0. The highest BCUT2D eigenvalue weighted by Gasteiger charge is 2.31. The normalized spacial score (nSPS) is 14.9. The van der Waals surface area contributed by atoms with Crippen LogP contribution in [0.3, 0.4) is 0 Å². The molecule has 1 heterocycles. The maximum Gasteiger partial charge on any atom is 0.416 e. The van der Waals surface area contributed by atoms with E-state index in [1.807, 2.05) is 32.0 Å². The Morgan fingerprint density at radius 1 is 1.08 bits per heavy atom. The molecule has 1 aliphatic carbocycles. The molecular formula is C21H20F3N. The molecule has 1 aliphatic rings. The number of rotatable bonds is 3. The minimum Gasteiger partial charge on any atom is -0.249 e. The summed E-state index contributed by atoms with van der Waals surface area (Å²) in [5.41, 5.74) is 5.50. The van der Waals surface area contributed by atoms with E-state index in [1.165, 1.54) is 6.07 Å². The number of pyridine rings is 1. The van der Waals surface area contributed by atoms with Crippen LogP contribution in [-0.4, -0.2) is 4.98 Å². The van der Waals surface area contributed by atoms with Gasteiger partial charge in [-0.15, -0.1) is 0 Å². The van der Waals surface area contributed by atoms with Crippen LogP contribution in [0.2, 0.25) is 0 Å². The number of hydrogen-bond acceptors (Lipinski definition) is 1. The second-order valence-corrected chi connectivity index (χ2v) is 6.53. The molecule has 0 radical (unpaired) electrons. The van der Waals surface area contributed by atoms with Crippen molar-refractivity contribution in [3.8, 4) is 0 Å². The van der Waals surface area contributed by atoms with Gasteiger partial charge in [0.25, 0.3) is 0 Å². The van der Waals surface area contributed by atoms with Crippen molar-refractivity contribution in [3.63, 3.8) is 0 Å². The molecular weight excluding hydrogens is 323 g/mol. The van der Waals surface area contributed by atoms with Gasteiger partial charge in [-0.3, -0.25) is 0 Å². The first-order chi connectivity index (χ1) is 11.8. The van der Waals surface area contributed by atoms with Crippen molar-refractivity contribution in [2.24, 2.45) is 0 Å². The SMILES string of the molecule is C=C(C)c1cccc(C2=C(c3cc(C(F)(F)F)ccc3C)CCC2)n1. The molecule has 4 heteroatoms. The number of aromatic nitrogens is 1. The average Bonchev–Trinajstić information content (AvgIpc) is 3.03. The Hall–Kier alpha value is -2.36. The van der Waals surface area contributed by atoms with Crippen LogP contribution in [0.25, 0.3) is 16.7 Å². The molecule has 0 bridgehead atoms. The van der Waals surface area contributed by atoms with E-state index in [9.17, 15) is 13.2 Å². The first-order valence-corrected chi connectivity index (χ1v) is 8.31. The summed E-state index contributed by atoms with van der Waals surface area (Å²) in [5.74, 6) is 0. The lowest BCUT2D eigenvalue weighted by Crippen LogP contribution is -2.06. The molecule has 0 unspecified atom stereocenters. The van der Waals surface area contributed by atoms with Gasteiger partial charge in [0, 0.05) is 0 Å². The lowest BCUT2D eigenvalue weighted by atomic mass is 9.94. The van der Waals surface area contributed by atoms with Crippen molar-refractivity contribution in [3.05, 3.63) is 71.1 Å². The topological polar surface area (TPSA) is 12.9 Å². The van der Waals surface area contributed by atoms with Gasteiger partial charge in [-0.2, -0.15) is 13.2 Å². The lowest BCUT2D eigenvalue weighted by molar-refractivity contribution is -0.137. The van der Waals surface area contributed by atoms with Crippen molar-refractivity contribution >= 4 is 16.7 Å². The molecule has 1 aromatic heterocycles. The van der Waals surface area contributed by atoms with Gasteiger partial charge >= 0.3 is 6.18 Å². The second kappa shape index (κ2) is 6.51. The molecule has 2 aromatic rings. The third-order valence-electron chi connectivity index (χ3n) is 4.60. The van der Waals surface area contributed by atoms with Crippen LogP contribution in [-0.2, 0) is 6.18 Å². The summed E-state index contributed by atoms with van der Waals surface area (Å²) >= 11 is 0. The first-order valence-electron chi connectivity index (χ1n) is 8.31. The van der Waals surface area contributed by atoms with Crippen LogP contribution in [0.1, 0.15) is 54.3 Å². The van der Waals surface area contributed by atoms with E-state index in [4.69, 9.17) is 0 Å². The molecule has 0 atom stereocenters. The monoisotopic (exact) mass is 343 g/mol. The Balaban J connectivity index is 2.14. The Labute approximate surface area is 145 Å². The second-order valence-electron chi connectivity index (χ2n) is 6.53. The van der Waals surface area contributed by atoms with Gasteiger partial charge < -0.3 is 0 Å². The number of nitrogens with zero attached hydrogens (tertiary/aromatic N) is 1. The Kier molecular flexibility index (Phi) is 4.55.